The van der Waals surface area contributed by atoms with Crippen molar-refractivity contribution in [2.45, 2.75) is 19.8 Å². The third kappa shape index (κ3) is 2.20. The summed E-state index contributed by atoms with van der Waals surface area (Å²) >= 11 is 0. The van der Waals surface area contributed by atoms with Crippen molar-refractivity contribution < 1.29 is 14.4 Å². The highest BCUT2D eigenvalue weighted by Gasteiger charge is 2.16. The lowest BCUT2D eigenvalue weighted by molar-refractivity contribution is 0.0697. The molecule has 1 aromatic heterocycles. The Morgan fingerprint density at radius 3 is 2.47 bits per heavy atom. The standard InChI is InChI=1S/C13H13NO3/c1-8(2)9-3-5-10(6-4-9)12-11(13(15)16)7-14-17-12/h3-8H,1-2H3,(H,15,16). The van der Waals surface area contributed by atoms with Crippen LogP contribution in [0.2, 0.25) is 0 Å². The summed E-state index contributed by atoms with van der Waals surface area (Å²) in [4.78, 5) is 10.9. The summed E-state index contributed by atoms with van der Waals surface area (Å²) < 4.78 is 4.98. The van der Waals surface area contributed by atoms with E-state index in [0.717, 1.165) is 5.56 Å². The van der Waals surface area contributed by atoms with Crippen LogP contribution in [0.4, 0.5) is 0 Å². The highest BCUT2D eigenvalue weighted by atomic mass is 16.5. The molecule has 0 unspecified atom stereocenters. The average molecular weight is 231 g/mol. The lowest BCUT2D eigenvalue weighted by Crippen LogP contribution is -1.96. The summed E-state index contributed by atoms with van der Waals surface area (Å²) in [5, 5.41) is 12.5. The molecule has 0 saturated carbocycles. The molecule has 17 heavy (non-hydrogen) atoms. The Kier molecular flexibility index (Phi) is 2.95. The summed E-state index contributed by atoms with van der Waals surface area (Å²) in [7, 11) is 0. The molecule has 4 heteroatoms. The quantitative estimate of drug-likeness (QED) is 0.881. The van der Waals surface area contributed by atoms with Crippen LogP contribution < -0.4 is 0 Å². The van der Waals surface area contributed by atoms with Crippen molar-refractivity contribution in [1.82, 2.24) is 5.16 Å². The molecule has 0 fully saturated rings. The van der Waals surface area contributed by atoms with E-state index >= 15 is 0 Å². The van der Waals surface area contributed by atoms with Crippen LogP contribution in [-0.2, 0) is 0 Å². The largest absolute Gasteiger partial charge is 0.477 e. The van der Waals surface area contributed by atoms with Crippen molar-refractivity contribution >= 4 is 5.97 Å². The topological polar surface area (TPSA) is 63.3 Å². The van der Waals surface area contributed by atoms with E-state index in [1.165, 1.54) is 11.8 Å². The molecule has 0 aliphatic heterocycles. The first-order chi connectivity index (χ1) is 8.09. The SMILES string of the molecule is CC(C)c1ccc(-c2oncc2C(=O)O)cc1. The number of rotatable bonds is 3. The Morgan fingerprint density at radius 1 is 1.29 bits per heavy atom. The highest BCUT2D eigenvalue weighted by molar-refractivity contribution is 5.93. The second-order valence-corrected chi connectivity index (χ2v) is 4.15. The number of benzene rings is 1. The second kappa shape index (κ2) is 4.41. The first kappa shape index (κ1) is 11.4. The summed E-state index contributed by atoms with van der Waals surface area (Å²) in [6, 6.07) is 7.63. The second-order valence-electron chi connectivity index (χ2n) is 4.15. The van der Waals surface area contributed by atoms with Crippen molar-refractivity contribution in [1.29, 1.82) is 0 Å². The van der Waals surface area contributed by atoms with Crippen LogP contribution in [0.15, 0.2) is 35.0 Å². The Bertz CT molecular complexity index is 526. The van der Waals surface area contributed by atoms with Gasteiger partial charge in [-0.3, -0.25) is 0 Å². The lowest BCUT2D eigenvalue weighted by atomic mass is 10.0. The maximum Gasteiger partial charge on any atom is 0.341 e. The highest BCUT2D eigenvalue weighted by Crippen LogP contribution is 2.25. The zero-order valence-electron chi connectivity index (χ0n) is 9.68. The van der Waals surface area contributed by atoms with Crippen LogP contribution in [0, 0.1) is 0 Å². The van der Waals surface area contributed by atoms with E-state index in [9.17, 15) is 4.79 Å². The molecule has 1 aromatic carbocycles. The third-order valence-corrected chi connectivity index (χ3v) is 2.64. The van der Waals surface area contributed by atoms with Gasteiger partial charge in [-0.05, 0) is 11.5 Å². The molecule has 0 aliphatic rings. The van der Waals surface area contributed by atoms with Gasteiger partial charge in [-0.1, -0.05) is 43.3 Å². The molecule has 4 nitrogen and oxygen atoms in total. The number of hydrogen-bond acceptors (Lipinski definition) is 3. The van der Waals surface area contributed by atoms with Gasteiger partial charge in [-0.25, -0.2) is 4.79 Å². The van der Waals surface area contributed by atoms with Gasteiger partial charge in [0, 0.05) is 5.56 Å². The Hall–Kier alpha value is -2.10. The maximum atomic E-state index is 10.9. The van der Waals surface area contributed by atoms with E-state index in [2.05, 4.69) is 19.0 Å². The molecule has 0 radical (unpaired) electrons. The van der Waals surface area contributed by atoms with Crippen molar-refractivity contribution in [3.63, 3.8) is 0 Å². The summed E-state index contributed by atoms with van der Waals surface area (Å²) in [5.41, 5.74) is 2.01. The minimum absolute atomic E-state index is 0.0855. The van der Waals surface area contributed by atoms with E-state index in [1.807, 2.05) is 24.3 Å². The van der Waals surface area contributed by atoms with Crippen LogP contribution in [0.3, 0.4) is 0 Å². The Balaban J connectivity index is 2.40. The Morgan fingerprint density at radius 2 is 1.94 bits per heavy atom. The van der Waals surface area contributed by atoms with Gasteiger partial charge in [-0.2, -0.15) is 0 Å². The van der Waals surface area contributed by atoms with Gasteiger partial charge >= 0.3 is 5.97 Å². The smallest absolute Gasteiger partial charge is 0.341 e. The number of carboxylic acids is 1. The molecular formula is C13H13NO3. The van der Waals surface area contributed by atoms with Gasteiger partial charge in [0.05, 0.1) is 6.20 Å². The van der Waals surface area contributed by atoms with E-state index in [-0.39, 0.29) is 5.56 Å². The predicted octanol–water partition coefficient (Wildman–Crippen LogP) is 3.16. The zero-order valence-corrected chi connectivity index (χ0v) is 9.68. The van der Waals surface area contributed by atoms with Gasteiger partial charge in [-0.15, -0.1) is 0 Å². The zero-order chi connectivity index (χ0) is 12.4. The fraction of sp³-hybridized carbons (Fsp3) is 0.231. The van der Waals surface area contributed by atoms with Crippen molar-refractivity contribution in [2.24, 2.45) is 0 Å². The van der Waals surface area contributed by atoms with E-state index in [4.69, 9.17) is 9.63 Å². The fourth-order valence-electron chi connectivity index (χ4n) is 1.62. The molecular weight excluding hydrogens is 218 g/mol. The number of hydrogen-bond donors (Lipinski definition) is 1. The average Bonchev–Trinajstić information content (AvgIpc) is 2.78. The van der Waals surface area contributed by atoms with Crippen LogP contribution in [0.25, 0.3) is 11.3 Å². The first-order valence-electron chi connectivity index (χ1n) is 5.38. The van der Waals surface area contributed by atoms with E-state index < -0.39 is 5.97 Å². The monoisotopic (exact) mass is 231 g/mol. The van der Waals surface area contributed by atoms with Gasteiger partial charge in [0.15, 0.2) is 5.76 Å². The number of nitrogens with zero attached hydrogens (tertiary/aromatic N) is 1. The number of carboxylic acid groups (broad SMARTS) is 1. The maximum absolute atomic E-state index is 10.9. The molecule has 1 heterocycles. The van der Waals surface area contributed by atoms with Gasteiger partial charge in [0.25, 0.3) is 0 Å². The molecule has 88 valence electrons. The van der Waals surface area contributed by atoms with E-state index in [0.29, 0.717) is 11.7 Å². The lowest BCUT2D eigenvalue weighted by Gasteiger charge is -2.05. The summed E-state index contributed by atoms with van der Waals surface area (Å²) in [6.07, 6.45) is 1.22. The van der Waals surface area contributed by atoms with Gasteiger partial charge in [0.2, 0.25) is 0 Å². The van der Waals surface area contributed by atoms with Gasteiger partial charge < -0.3 is 9.63 Å². The van der Waals surface area contributed by atoms with Crippen LogP contribution in [0.5, 0.6) is 0 Å². The van der Waals surface area contributed by atoms with Crippen molar-refractivity contribution in [3.8, 4) is 11.3 Å². The molecule has 0 atom stereocenters. The molecule has 0 aliphatic carbocycles. The van der Waals surface area contributed by atoms with Crippen LogP contribution in [0.1, 0.15) is 35.7 Å². The fourth-order valence-corrected chi connectivity index (χ4v) is 1.62. The minimum Gasteiger partial charge on any atom is -0.477 e. The summed E-state index contributed by atoms with van der Waals surface area (Å²) in [6.45, 7) is 4.21. The number of aromatic carboxylic acids is 1. The molecule has 0 bridgehead atoms. The molecule has 0 spiro atoms. The minimum atomic E-state index is -1.03. The molecule has 0 saturated heterocycles. The number of carbonyl (C=O) groups is 1. The summed E-state index contributed by atoms with van der Waals surface area (Å²) in [5.74, 6) is -0.292. The molecule has 0 amide bonds. The molecule has 2 aromatic rings. The van der Waals surface area contributed by atoms with Gasteiger partial charge in [0.1, 0.15) is 5.56 Å². The first-order valence-corrected chi connectivity index (χ1v) is 5.38. The van der Waals surface area contributed by atoms with Crippen molar-refractivity contribution in [2.75, 3.05) is 0 Å². The van der Waals surface area contributed by atoms with Crippen molar-refractivity contribution in [3.05, 3.63) is 41.6 Å². The Labute approximate surface area is 98.9 Å². The van der Waals surface area contributed by atoms with E-state index in [1.54, 1.807) is 0 Å². The predicted molar refractivity (Wildman–Crippen MR) is 63.0 cm³/mol. The molecule has 2 rings (SSSR count). The third-order valence-electron chi connectivity index (χ3n) is 2.64. The van der Waals surface area contributed by atoms with Crippen LogP contribution >= 0.6 is 0 Å². The normalized spacial score (nSPS) is 10.8. The van der Waals surface area contributed by atoms with Crippen LogP contribution in [-0.4, -0.2) is 16.2 Å². The number of aromatic nitrogens is 1. The molecule has 1 N–H and O–H groups in total.